The van der Waals surface area contributed by atoms with Crippen molar-refractivity contribution in [2.45, 2.75) is 174 Å². The van der Waals surface area contributed by atoms with Crippen LogP contribution in [0, 0.1) is 0 Å². The average molecular weight is 834 g/mol. The van der Waals surface area contributed by atoms with Gasteiger partial charge < -0.3 is 27.9 Å². The maximum Gasteiger partial charge on any atom is 0.306 e. The molecule has 0 spiro atoms. The number of esters is 2. The first kappa shape index (κ1) is 55.5. The number of carbonyl (C=O) groups is 2. The normalized spacial score (nSPS) is 14.2. The number of ether oxygens (including phenoxy) is 2. The number of carbonyl (C=O) groups excluding carboxylic acids is 2. The van der Waals surface area contributed by atoms with Crippen molar-refractivity contribution in [2.75, 3.05) is 47.5 Å². The Kier molecular flexibility index (Phi) is 38.1. The molecule has 0 aliphatic carbocycles. The number of nitrogens with zero attached hydrogens (tertiary/aromatic N) is 1. The number of quaternary nitrogens is 1. The molecule has 0 aromatic rings. The minimum absolute atomic E-state index is 0.0430. The fourth-order valence-corrected chi connectivity index (χ4v) is 6.34. The minimum Gasteiger partial charge on any atom is -0.756 e. The highest BCUT2D eigenvalue weighted by atomic mass is 31.2. The van der Waals surface area contributed by atoms with E-state index in [1.165, 1.54) is 51.4 Å². The van der Waals surface area contributed by atoms with E-state index in [9.17, 15) is 19.0 Å². The zero-order valence-electron chi connectivity index (χ0n) is 37.5. The highest BCUT2D eigenvalue weighted by Crippen LogP contribution is 2.38. The van der Waals surface area contributed by atoms with Gasteiger partial charge in [0.25, 0.3) is 7.82 Å². The van der Waals surface area contributed by atoms with Gasteiger partial charge in [-0.1, -0.05) is 138 Å². The van der Waals surface area contributed by atoms with Crippen LogP contribution in [0.15, 0.2) is 72.9 Å². The number of hydrogen-bond acceptors (Lipinski definition) is 8. The number of unbranched alkanes of at least 4 members (excludes halogenated alkanes) is 14. The van der Waals surface area contributed by atoms with E-state index >= 15 is 0 Å². The molecule has 10 heteroatoms. The molecule has 0 rings (SSSR count). The predicted molar refractivity (Wildman–Crippen MR) is 240 cm³/mol. The fraction of sp³-hybridized carbons (Fsp3) is 0.708. The molecule has 0 aromatic heterocycles. The number of allylic oxidation sites excluding steroid dienone is 12. The van der Waals surface area contributed by atoms with Crippen LogP contribution in [-0.2, 0) is 32.7 Å². The summed E-state index contributed by atoms with van der Waals surface area (Å²) >= 11 is 0. The van der Waals surface area contributed by atoms with Crippen molar-refractivity contribution in [1.82, 2.24) is 0 Å². The van der Waals surface area contributed by atoms with E-state index in [0.29, 0.717) is 23.9 Å². The summed E-state index contributed by atoms with van der Waals surface area (Å²) in [5.74, 6) is -0.891. The van der Waals surface area contributed by atoms with E-state index < -0.39 is 32.5 Å². The van der Waals surface area contributed by atoms with Crippen LogP contribution in [-0.4, -0.2) is 70.0 Å². The van der Waals surface area contributed by atoms with E-state index in [2.05, 4.69) is 86.8 Å². The third-order valence-electron chi connectivity index (χ3n) is 9.20. The lowest BCUT2D eigenvalue weighted by Crippen LogP contribution is -2.37. The molecule has 2 unspecified atom stereocenters. The van der Waals surface area contributed by atoms with Gasteiger partial charge in [0.05, 0.1) is 27.7 Å². The number of hydrogen-bond donors (Lipinski definition) is 0. The van der Waals surface area contributed by atoms with Crippen LogP contribution in [0.2, 0.25) is 0 Å². The molecule has 0 amide bonds. The maximum atomic E-state index is 12.7. The smallest absolute Gasteiger partial charge is 0.306 e. The van der Waals surface area contributed by atoms with Crippen molar-refractivity contribution < 1.29 is 42.1 Å². The molecule has 0 heterocycles. The Morgan fingerprint density at radius 1 is 0.534 bits per heavy atom. The van der Waals surface area contributed by atoms with Gasteiger partial charge in [-0.05, 0) is 89.9 Å². The van der Waals surface area contributed by atoms with Gasteiger partial charge in [0.1, 0.15) is 19.8 Å². The molecule has 0 aromatic carbocycles. The van der Waals surface area contributed by atoms with Crippen molar-refractivity contribution in [2.24, 2.45) is 0 Å². The predicted octanol–water partition coefficient (Wildman–Crippen LogP) is 12.4. The third kappa shape index (κ3) is 43.0. The zero-order chi connectivity index (χ0) is 42.8. The van der Waals surface area contributed by atoms with Gasteiger partial charge >= 0.3 is 11.9 Å². The summed E-state index contributed by atoms with van der Waals surface area (Å²) in [5, 5.41) is 0. The molecule has 0 radical (unpaired) electrons. The van der Waals surface area contributed by atoms with Gasteiger partial charge in [-0.2, -0.15) is 0 Å². The van der Waals surface area contributed by atoms with E-state index in [0.717, 1.165) is 77.0 Å². The Morgan fingerprint density at radius 2 is 0.931 bits per heavy atom. The molecule has 334 valence electrons. The summed E-state index contributed by atoms with van der Waals surface area (Å²) in [6, 6.07) is 0. The highest BCUT2D eigenvalue weighted by Gasteiger charge is 2.21. The molecule has 2 atom stereocenters. The van der Waals surface area contributed by atoms with Crippen molar-refractivity contribution in [1.29, 1.82) is 0 Å². The Morgan fingerprint density at radius 3 is 1.36 bits per heavy atom. The quantitative estimate of drug-likeness (QED) is 0.0197. The summed E-state index contributed by atoms with van der Waals surface area (Å²) in [4.78, 5) is 37.6. The van der Waals surface area contributed by atoms with Crippen molar-refractivity contribution >= 4 is 19.8 Å². The molecule has 0 N–H and O–H groups in total. The zero-order valence-corrected chi connectivity index (χ0v) is 38.4. The third-order valence-corrected chi connectivity index (χ3v) is 10.2. The molecule has 0 aliphatic heterocycles. The summed E-state index contributed by atoms with van der Waals surface area (Å²) < 4.78 is 33.9. The molecular weight excluding hydrogens is 750 g/mol. The first-order chi connectivity index (χ1) is 28.0. The van der Waals surface area contributed by atoms with Gasteiger partial charge in [0.15, 0.2) is 6.10 Å². The average Bonchev–Trinajstić information content (AvgIpc) is 3.17. The van der Waals surface area contributed by atoms with Crippen molar-refractivity contribution in [3.8, 4) is 0 Å². The molecule has 0 saturated heterocycles. The molecule has 58 heavy (non-hydrogen) atoms. The first-order valence-corrected chi connectivity index (χ1v) is 24.1. The Bertz CT molecular complexity index is 1220. The van der Waals surface area contributed by atoms with Crippen LogP contribution in [0.25, 0.3) is 0 Å². The van der Waals surface area contributed by atoms with Crippen LogP contribution in [0.4, 0.5) is 0 Å². The van der Waals surface area contributed by atoms with Crippen LogP contribution in [0.3, 0.4) is 0 Å². The van der Waals surface area contributed by atoms with Crippen LogP contribution >= 0.6 is 7.82 Å². The first-order valence-electron chi connectivity index (χ1n) is 22.6. The second kappa shape index (κ2) is 39.9. The molecule has 9 nitrogen and oxygen atoms in total. The van der Waals surface area contributed by atoms with Crippen LogP contribution < -0.4 is 4.89 Å². The van der Waals surface area contributed by atoms with E-state index in [4.69, 9.17) is 18.5 Å². The van der Waals surface area contributed by atoms with Crippen molar-refractivity contribution in [3.05, 3.63) is 72.9 Å². The van der Waals surface area contributed by atoms with E-state index in [-0.39, 0.29) is 26.1 Å². The van der Waals surface area contributed by atoms with E-state index in [1.54, 1.807) is 0 Å². The number of phosphoric acid groups is 1. The van der Waals surface area contributed by atoms with Gasteiger partial charge in [-0.15, -0.1) is 0 Å². The highest BCUT2D eigenvalue weighted by molar-refractivity contribution is 7.45. The van der Waals surface area contributed by atoms with Crippen LogP contribution in [0.5, 0.6) is 0 Å². The van der Waals surface area contributed by atoms with E-state index in [1.807, 2.05) is 21.1 Å². The van der Waals surface area contributed by atoms with Crippen LogP contribution in [0.1, 0.15) is 168 Å². The second-order valence-corrected chi connectivity index (χ2v) is 17.5. The summed E-state index contributed by atoms with van der Waals surface area (Å²) in [6.45, 7) is 4.10. The lowest BCUT2D eigenvalue weighted by molar-refractivity contribution is -0.870. The number of phosphoric ester groups is 1. The summed E-state index contributed by atoms with van der Waals surface area (Å²) in [6.07, 6.45) is 49.2. The standard InChI is InChI=1S/C48H84NO8P/c1-6-8-10-12-14-16-18-20-22-24-26-28-30-32-34-36-38-40-47(50)54-44-46(45-56-58(52,53)55-43-42-49(3,4)5)57-48(51)41-39-37-35-33-31-29-27-25-23-21-19-17-15-13-11-9-7-2/h14-17,20-23,26-29,46H,6-13,18-19,24-25,30-45H2,1-5H3/b16-14+,17-15+,22-20+,23-21+,28-26+,29-27+. The molecule has 0 fully saturated rings. The van der Waals surface area contributed by atoms with Gasteiger partial charge in [-0.3, -0.25) is 14.2 Å². The Labute approximate surface area is 355 Å². The van der Waals surface area contributed by atoms with Gasteiger partial charge in [-0.25, -0.2) is 0 Å². The molecule has 0 bridgehead atoms. The SMILES string of the molecule is CCCCC/C=C/C/C=C/C/C=C/CCCCCCC(=O)OCC(COP(=O)([O-])OCC[N+](C)(C)C)OC(=O)CCCCCC/C=C/C/C=C/C/C=C/CCCCC. The molecule has 0 saturated carbocycles. The topological polar surface area (TPSA) is 111 Å². The summed E-state index contributed by atoms with van der Waals surface area (Å²) in [5.41, 5.74) is 0. The lowest BCUT2D eigenvalue weighted by atomic mass is 10.1. The molecule has 0 aliphatic rings. The summed E-state index contributed by atoms with van der Waals surface area (Å²) in [7, 11) is 1.12. The van der Waals surface area contributed by atoms with Gasteiger partial charge in [0.2, 0.25) is 0 Å². The lowest BCUT2D eigenvalue weighted by Gasteiger charge is -2.28. The Hall–Kier alpha value is -2.55. The largest absolute Gasteiger partial charge is 0.756 e. The minimum atomic E-state index is -4.64. The van der Waals surface area contributed by atoms with Gasteiger partial charge in [0, 0.05) is 12.8 Å². The molecular formula is C48H84NO8P. The monoisotopic (exact) mass is 834 g/mol. The number of likely N-dealkylation sites (N-methyl/N-ethyl adjacent to an activating group) is 1. The second-order valence-electron chi connectivity index (χ2n) is 16.1. The van der Waals surface area contributed by atoms with Crippen molar-refractivity contribution in [3.63, 3.8) is 0 Å². The maximum absolute atomic E-state index is 12.7. The fourth-order valence-electron chi connectivity index (χ4n) is 5.61. The Balaban J connectivity index is 4.45. The number of rotatable bonds is 40.